The van der Waals surface area contributed by atoms with Gasteiger partial charge in [0.1, 0.15) is 10.9 Å². The molecule has 0 aliphatic heterocycles. The number of hydrogen-bond acceptors (Lipinski definition) is 4. The third kappa shape index (κ3) is 2.62. The summed E-state index contributed by atoms with van der Waals surface area (Å²) in [5.41, 5.74) is 7.70. The predicted molar refractivity (Wildman–Crippen MR) is 78.7 cm³/mol. The van der Waals surface area contributed by atoms with Gasteiger partial charge >= 0.3 is 0 Å². The molecule has 2 aromatic heterocycles. The lowest BCUT2D eigenvalue weighted by Gasteiger charge is -2.17. The fourth-order valence-electron chi connectivity index (χ4n) is 2.14. The van der Waals surface area contributed by atoms with Crippen molar-refractivity contribution in [3.8, 4) is 16.9 Å². The molecular formula is C15H16ClN3O. The summed E-state index contributed by atoms with van der Waals surface area (Å²) in [5.74, 6) is 0.746. The van der Waals surface area contributed by atoms with E-state index in [1.54, 1.807) is 18.6 Å². The van der Waals surface area contributed by atoms with E-state index in [9.17, 15) is 0 Å². The van der Waals surface area contributed by atoms with Crippen LogP contribution >= 0.6 is 11.6 Å². The lowest BCUT2D eigenvalue weighted by Crippen LogP contribution is -2.23. The summed E-state index contributed by atoms with van der Waals surface area (Å²) in [6, 6.07) is 5.63. The maximum atomic E-state index is 6.23. The fraction of sp³-hybridized carbons (Fsp3) is 0.333. The lowest BCUT2D eigenvalue weighted by molar-refractivity contribution is 0.239. The van der Waals surface area contributed by atoms with Gasteiger partial charge in [0.2, 0.25) is 0 Å². The van der Waals surface area contributed by atoms with Gasteiger partial charge in [0.05, 0.1) is 12.2 Å². The van der Waals surface area contributed by atoms with E-state index >= 15 is 0 Å². The zero-order valence-electron chi connectivity index (χ0n) is 11.1. The predicted octanol–water partition coefficient (Wildman–Crippen LogP) is 2.91. The average Bonchev–Trinajstić information content (AvgIpc) is 3.27. The molecule has 3 rings (SSSR count). The van der Waals surface area contributed by atoms with Crippen molar-refractivity contribution in [1.29, 1.82) is 0 Å². The maximum absolute atomic E-state index is 6.23. The van der Waals surface area contributed by atoms with Gasteiger partial charge in [-0.3, -0.25) is 4.98 Å². The topological polar surface area (TPSA) is 61.0 Å². The fourth-order valence-corrected chi connectivity index (χ4v) is 2.39. The van der Waals surface area contributed by atoms with Crippen LogP contribution in [0.3, 0.4) is 0 Å². The summed E-state index contributed by atoms with van der Waals surface area (Å²) >= 11 is 6.23. The molecule has 2 aromatic rings. The Morgan fingerprint density at radius 2 is 1.95 bits per heavy atom. The number of rotatable bonds is 5. The molecule has 20 heavy (non-hydrogen) atoms. The molecule has 1 aliphatic rings. The van der Waals surface area contributed by atoms with Crippen LogP contribution in [-0.2, 0) is 0 Å². The molecular weight excluding hydrogens is 274 g/mol. The van der Waals surface area contributed by atoms with Crippen LogP contribution in [0.15, 0.2) is 36.8 Å². The first-order chi connectivity index (χ1) is 9.74. The highest BCUT2D eigenvalue weighted by molar-refractivity contribution is 6.32. The molecule has 0 saturated heterocycles. The van der Waals surface area contributed by atoms with Gasteiger partial charge in [-0.2, -0.15) is 0 Å². The minimum Gasteiger partial charge on any atom is -0.492 e. The van der Waals surface area contributed by atoms with Crippen LogP contribution in [-0.4, -0.2) is 23.1 Å². The molecule has 5 heteroatoms. The standard InChI is InChI=1S/C15H16ClN3O/c16-14-13(11-1-6-18-7-2-11)12(3-8-19-14)20-10-15(9-17)4-5-15/h1-3,6-8H,4-5,9-10,17H2. The first-order valence-electron chi connectivity index (χ1n) is 6.62. The van der Waals surface area contributed by atoms with Gasteiger partial charge in [-0.15, -0.1) is 0 Å². The van der Waals surface area contributed by atoms with Crippen LogP contribution in [0.1, 0.15) is 12.8 Å². The van der Waals surface area contributed by atoms with Crippen LogP contribution in [0.4, 0.5) is 0 Å². The second-order valence-electron chi connectivity index (χ2n) is 5.20. The van der Waals surface area contributed by atoms with Crippen molar-refractivity contribution in [2.75, 3.05) is 13.2 Å². The van der Waals surface area contributed by atoms with Crippen molar-refractivity contribution < 1.29 is 4.74 Å². The van der Waals surface area contributed by atoms with Crippen LogP contribution in [0.5, 0.6) is 5.75 Å². The van der Waals surface area contributed by atoms with Crippen LogP contribution < -0.4 is 10.5 Å². The summed E-state index contributed by atoms with van der Waals surface area (Å²) in [4.78, 5) is 8.15. The molecule has 2 heterocycles. The summed E-state index contributed by atoms with van der Waals surface area (Å²) in [6.45, 7) is 1.29. The van der Waals surface area contributed by atoms with E-state index in [0.717, 1.165) is 29.7 Å². The van der Waals surface area contributed by atoms with E-state index in [1.165, 1.54) is 0 Å². The Balaban J connectivity index is 1.89. The molecule has 0 atom stereocenters. The zero-order chi connectivity index (χ0) is 14.0. The molecule has 4 nitrogen and oxygen atoms in total. The van der Waals surface area contributed by atoms with Crippen LogP contribution in [0.25, 0.3) is 11.1 Å². The van der Waals surface area contributed by atoms with Gasteiger partial charge < -0.3 is 10.5 Å². The number of nitrogens with two attached hydrogens (primary N) is 1. The van der Waals surface area contributed by atoms with E-state index in [1.807, 2.05) is 18.2 Å². The SMILES string of the molecule is NCC1(COc2ccnc(Cl)c2-c2ccncc2)CC1. The zero-order valence-corrected chi connectivity index (χ0v) is 11.8. The first kappa shape index (κ1) is 13.3. The Hall–Kier alpha value is -1.65. The second-order valence-corrected chi connectivity index (χ2v) is 5.56. The molecule has 1 saturated carbocycles. The number of pyridine rings is 2. The van der Waals surface area contributed by atoms with E-state index in [0.29, 0.717) is 18.3 Å². The molecule has 0 unspecified atom stereocenters. The number of hydrogen-bond donors (Lipinski definition) is 1. The van der Waals surface area contributed by atoms with E-state index in [-0.39, 0.29) is 5.41 Å². The Morgan fingerprint density at radius 1 is 1.20 bits per heavy atom. The lowest BCUT2D eigenvalue weighted by atomic mass is 10.1. The summed E-state index contributed by atoms with van der Waals surface area (Å²) in [5, 5.41) is 0.436. The highest BCUT2D eigenvalue weighted by atomic mass is 35.5. The number of nitrogens with zero attached hydrogens (tertiary/aromatic N) is 2. The number of aromatic nitrogens is 2. The van der Waals surface area contributed by atoms with Gasteiger partial charge in [-0.05, 0) is 36.6 Å². The van der Waals surface area contributed by atoms with Crippen molar-refractivity contribution in [2.45, 2.75) is 12.8 Å². The molecule has 104 valence electrons. The summed E-state index contributed by atoms with van der Waals surface area (Å²) < 4.78 is 5.97. The Labute approximate surface area is 123 Å². The molecule has 0 amide bonds. The van der Waals surface area contributed by atoms with Crippen molar-refractivity contribution >= 4 is 11.6 Å². The summed E-state index contributed by atoms with van der Waals surface area (Å²) in [6.07, 6.45) is 7.37. The molecule has 1 aliphatic carbocycles. The number of ether oxygens (including phenoxy) is 1. The highest BCUT2D eigenvalue weighted by Gasteiger charge is 2.42. The first-order valence-corrected chi connectivity index (χ1v) is 7.00. The van der Waals surface area contributed by atoms with Crippen LogP contribution in [0.2, 0.25) is 5.15 Å². The van der Waals surface area contributed by atoms with E-state index in [4.69, 9.17) is 22.1 Å². The minimum atomic E-state index is 0.158. The Bertz CT molecular complexity index is 599. The van der Waals surface area contributed by atoms with E-state index in [2.05, 4.69) is 9.97 Å². The monoisotopic (exact) mass is 289 g/mol. The molecule has 2 N–H and O–H groups in total. The minimum absolute atomic E-state index is 0.158. The normalized spacial score (nSPS) is 15.9. The number of halogens is 1. The molecule has 0 aromatic carbocycles. The Morgan fingerprint density at radius 3 is 2.60 bits per heavy atom. The quantitative estimate of drug-likeness (QED) is 0.860. The second kappa shape index (κ2) is 5.38. The van der Waals surface area contributed by atoms with E-state index < -0.39 is 0 Å². The van der Waals surface area contributed by atoms with Gasteiger partial charge in [-0.25, -0.2) is 4.98 Å². The third-order valence-corrected chi connectivity index (χ3v) is 4.05. The highest BCUT2D eigenvalue weighted by Crippen LogP contribution is 2.45. The third-order valence-electron chi connectivity index (χ3n) is 3.76. The van der Waals surface area contributed by atoms with Crippen molar-refractivity contribution in [3.05, 3.63) is 41.9 Å². The van der Waals surface area contributed by atoms with Crippen molar-refractivity contribution in [2.24, 2.45) is 11.1 Å². The van der Waals surface area contributed by atoms with Gasteiger partial charge in [-0.1, -0.05) is 11.6 Å². The van der Waals surface area contributed by atoms with Gasteiger partial charge in [0.15, 0.2) is 0 Å². The van der Waals surface area contributed by atoms with Gasteiger partial charge in [0.25, 0.3) is 0 Å². The molecule has 0 spiro atoms. The summed E-state index contributed by atoms with van der Waals surface area (Å²) in [7, 11) is 0. The van der Waals surface area contributed by atoms with Gasteiger partial charge in [0, 0.05) is 30.6 Å². The largest absolute Gasteiger partial charge is 0.492 e. The maximum Gasteiger partial charge on any atom is 0.140 e. The molecule has 1 fully saturated rings. The molecule has 0 bridgehead atoms. The van der Waals surface area contributed by atoms with Crippen molar-refractivity contribution in [1.82, 2.24) is 9.97 Å². The van der Waals surface area contributed by atoms with Crippen LogP contribution in [0, 0.1) is 5.41 Å². The molecule has 0 radical (unpaired) electrons. The smallest absolute Gasteiger partial charge is 0.140 e. The Kier molecular flexibility index (Phi) is 3.59. The average molecular weight is 290 g/mol. The van der Waals surface area contributed by atoms with Crippen molar-refractivity contribution in [3.63, 3.8) is 0 Å².